The number of benzene rings is 1. The number of hydrogen-bond acceptors (Lipinski definition) is 4. The minimum atomic E-state index is -0.466. The third-order valence-electron chi connectivity index (χ3n) is 3.12. The minimum Gasteiger partial charge on any atom is -0.496 e. The summed E-state index contributed by atoms with van der Waals surface area (Å²) >= 11 is 0. The summed E-state index contributed by atoms with van der Waals surface area (Å²) in [5.74, 6) is 0.930. The summed E-state index contributed by atoms with van der Waals surface area (Å²) in [6, 6.07) is 4.23. The molecule has 0 aliphatic carbocycles. The number of aryl methyl sites for hydroxylation is 2. The molecule has 4 nitrogen and oxygen atoms in total. The van der Waals surface area contributed by atoms with Crippen LogP contribution in [0.2, 0.25) is 0 Å². The predicted molar refractivity (Wildman–Crippen MR) is 74.1 cm³/mol. The van der Waals surface area contributed by atoms with Crippen molar-refractivity contribution in [3.63, 3.8) is 0 Å². The molecule has 102 valence electrons. The van der Waals surface area contributed by atoms with Gasteiger partial charge in [0.1, 0.15) is 5.75 Å². The smallest absolute Gasteiger partial charge is 0.122 e. The minimum absolute atomic E-state index is 0.292. The molecule has 0 radical (unpaired) electrons. The molecular formula is C14H24N2O2. The highest BCUT2D eigenvalue weighted by molar-refractivity contribution is 5.41. The van der Waals surface area contributed by atoms with Crippen molar-refractivity contribution in [3.05, 3.63) is 28.8 Å². The zero-order chi connectivity index (χ0) is 13.5. The van der Waals surface area contributed by atoms with E-state index < -0.39 is 6.10 Å². The van der Waals surface area contributed by atoms with Gasteiger partial charge in [0.2, 0.25) is 0 Å². The Morgan fingerprint density at radius 2 is 2.00 bits per heavy atom. The number of nitrogens with two attached hydrogens (primary N) is 1. The van der Waals surface area contributed by atoms with Crippen LogP contribution in [0.4, 0.5) is 0 Å². The maximum absolute atomic E-state index is 9.32. The summed E-state index contributed by atoms with van der Waals surface area (Å²) in [5, 5.41) is 12.5. The Labute approximate surface area is 109 Å². The molecule has 0 heterocycles. The molecule has 0 aliphatic rings. The first-order valence-corrected chi connectivity index (χ1v) is 6.31. The Kier molecular flexibility index (Phi) is 6.12. The van der Waals surface area contributed by atoms with Gasteiger partial charge in [-0.1, -0.05) is 6.07 Å². The van der Waals surface area contributed by atoms with E-state index in [0.717, 1.165) is 18.7 Å². The number of methoxy groups -OCH3 is 1. The zero-order valence-corrected chi connectivity index (χ0v) is 11.5. The van der Waals surface area contributed by atoms with Crippen molar-refractivity contribution in [1.29, 1.82) is 0 Å². The number of nitrogens with one attached hydrogen (secondary N) is 1. The highest BCUT2D eigenvalue weighted by Crippen LogP contribution is 2.23. The van der Waals surface area contributed by atoms with Crippen LogP contribution < -0.4 is 15.8 Å². The number of ether oxygens (including phenoxy) is 1. The van der Waals surface area contributed by atoms with E-state index in [1.807, 2.05) is 0 Å². The van der Waals surface area contributed by atoms with Gasteiger partial charge in [-0.15, -0.1) is 0 Å². The zero-order valence-electron chi connectivity index (χ0n) is 11.5. The molecule has 1 aromatic rings. The van der Waals surface area contributed by atoms with Crippen molar-refractivity contribution in [1.82, 2.24) is 5.32 Å². The summed E-state index contributed by atoms with van der Waals surface area (Å²) in [6.07, 6.45) is 0.411. The Bertz CT molecular complexity index is 380. The third-order valence-corrected chi connectivity index (χ3v) is 3.12. The molecule has 4 heteroatoms. The first kappa shape index (κ1) is 15.0. The van der Waals surface area contributed by atoms with E-state index in [-0.39, 0.29) is 0 Å². The highest BCUT2D eigenvalue weighted by atomic mass is 16.5. The monoisotopic (exact) mass is 252 g/mol. The Morgan fingerprint density at radius 3 is 2.61 bits per heavy atom. The van der Waals surface area contributed by atoms with E-state index in [0.29, 0.717) is 13.1 Å². The van der Waals surface area contributed by atoms with Gasteiger partial charge in [0.25, 0.3) is 0 Å². The molecule has 0 fully saturated rings. The van der Waals surface area contributed by atoms with E-state index in [1.165, 1.54) is 16.7 Å². The lowest BCUT2D eigenvalue weighted by Crippen LogP contribution is -2.33. The lowest BCUT2D eigenvalue weighted by Gasteiger charge is -2.13. The largest absolute Gasteiger partial charge is 0.496 e. The average Bonchev–Trinajstić information content (AvgIpc) is 2.37. The van der Waals surface area contributed by atoms with Crippen molar-refractivity contribution < 1.29 is 9.84 Å². The summed E-state index contributed by atoms with van der Waals surface area (Å²) in [6.45, 7) is 5.81. The fourth-order valence-corrected chi connectivity index (χ4v) is 1.81. The standard InChI is InChI=1S/C14H24N2O2/c1-10-6-12(14(18-3)7-11(10)2)4-5-16-9-13(17)8-15/h6-7,13,16-17H,4-5,8-9,15H2,1-3H3. The fourth-order valence-electron chi connectivity index (χ4n) is 1.81. The quantitative estimate of drug-likeness (QED) is 0.627. The molecular weight excluding hydrogens is 228 g/mol. The van der Waals surface area contributed by atoms with Crippen molar-refractivity contribution in [3.8, 4) is 5.75 Å². The molecule has 0 saturated heterocycles. The first-order valence-electron chi connectivity index (χ1n) is 6.31. The highest BCUT2D eigenvalue weighted by Gasteiger charge is 2.06. The normalized spacial score (nSPS) is 12.5. The van der Waals surface area contributed by atoms with Gasteiger partial charge in [0.15, 0.2) is 0 Å². The average molecular weight is 252 g/mol. The van der Waals surface area contributed by atoms with Gasteiger partial charge in [-0.05, 0) is 49.6 Å². The SMILES string of the molecule is COc1cc(C)c(C)cc1CCNCC(O)CN. The molecule has 4 N–H and O–H groups in total. The molecule has 1 atom stereocenters. The molecule has 1 unspecified atom stereocenters. The number of aliphatic hydroxyl groups excluding tert-OH is 1. The fraction of sp³-hybridized carbons (Fsp3) is 0.571. The second-order valence-corrected chi connectivity index (χ2v) is 4.59. The van der Waals surface area contributed by atoms with E-state index in [2.05, 4.69) is 31.3 Å². The van der Waals surface area contributed by atoms with E-state index in [4.69, 9.17) is 10.5 Å². The van der Waals surface area contributed by atoms with Crippen LogP contribution in [-0.2, 0) is 6.42 Å². The number of rotatable bonds is 7. The van der Waals surface area contributed by atoms with E-state index >= 15 is 0 Å². The van der Waals surface area contributed by atoms with Gasteiger partial charge in [0, 0.05) is 13.1 Å². The summed E-state index contributed by atoms with van der Waals surface area (Å²) in [5.41, 5.74) is 9.04. The molecule has 0 spiro atoms. The Morgan fingerprint density at radius 1 is 1.33 bits per heavy atom. The molecule has 0 aliphatic heterocycles. The number of aliphatic hydroxyl groups is 1. The van der Waals surface area contributed by atoms with E-state index in [1.54, 1.807) is 7.11 Å². The lowest BCUT2D eigenvalue weighted by atomic mass is 10.0. The van der Waals surface area contributed by atoms with Gasteiger partial charge >= 0.3 is 0 Å². The summed E-state index contributed by atoms with van der Waals surface area (Å²) < 4.78 is 5.38. The lowest BCUT2D eigenvalue weighted by molar-refractivity contribution is 0.180. The Balaban J connectivity index is 2.53. The van der Waals surface area contributed by atoms with Crippen LogP contribution in [0.1, 0.15) is 16.7 Å². The van der Waals surface area contributed by atoms with Gasteiger partial charge < -0.3 is 20.9 Å². The third kappa shape index (κ3) is 4.29. The van der Waals surface area contributed by atoms with Crippen LogP contribution in [-0.4, -0.2) is 38.0 Å². The first-order chi connectivity index (χ1) is 8.58. The summed E-state index contributed by atoms with van der Waals surface area (Å²) in [4.78, 5) is 0. The van der Waals surface area contributed by atoms with Crippen LogP contribution in [0.15, 0.2) is 12.1 Å². The number of hydrogen-bond donors (Lipinski definition) is 3. The van der Waals surface area contributed by atoms with Crippen LogP contribution in [0.3, 0.4) is 0 Å². The Hall–Kier alpha value is -1.10. The van der Waals surface area contributed by atoms with Crippen LogP contribution in [0.5, 0.6) is 5.75 Å². The topological polar surface area (TPSA) is 67.5 Å². The van der Waals surface area contributed by atoms with Gasteiger partial charge in [-0.3, -0.25) is 0 Å². The molecule has 18 heavy (non-hydrogen) atoms. The molecule has 1 rings (SSSR count). The summed E-state index contributed by atoms with van der Waals surface area (Å²) in [7, 11) is 1.69. The van der Waals surface area contributed by atoms with Gasteiger partial charge in [-0.25, -0.2) is 0 Å². The van der Waals surface area contributed by atoms with Gasteiger partial charge in [0.05, 0.1) is 13.2 Å². The van der Waals surface area contributed by atoms with Crippen molar-refractivity contribution in [2.24, 2.45) is 5.73 Å². The molecule has 0 saturated carbocycles. The van der Waals surface area contributed by atoms with E-state index in [9.17, 15) is 5.11 Å². The molecule has 0 bridgehead atoms. The van der Waals surface area contributed by atoms with Crippen molar-refractivity contribution in [2.75, 3.05) is 26.7 Å². The van der Waals surface area contributed by atoms with Crippen molar-refractivity contribution >= 4 is 0 Å². The van der Waals surface area contributed by atoms with Crippen LogP contribution in [0.25, 0.3) is 0 Å². The maximum Gasteiger partial charge on any atom is 0.122 e. The second kappa shape index (κ2) is 7.36. The van der Waals surface area contributed by atoms with Gasteiger partial charge in [-0.2, -0.15) is 0 Å². The predicted octanol–water partition coefficient (Wildman–Crippen LogP) is 0.764. The second-order valence-electron chi connectivity index (χ2n) is 4.59. The maximum atomic E-state index is 9.32. The van der Waals surface area contributed by atoms with Crippen molar-refractivity contribution in [2.45, 2.75) is 26.4 Å². The molecule has 0 amide bonds. The van der Waals surface area contributed by atoms with Crippen LogP contribution >= 0.6 is 0 Å². The molecule has 0 aromatic heterocycles. The molecule has 1 aromatic carbocycles. The van der Waals surface area contributed by atoms with Crippen LogP contribution in [0, 0.1) is 13.8 Å².